The minimum Gasteiger partial charge on any atom is -0.329 e. The standard InChI is InChI=1S/C20H25ClN4O/c1-3-5-15(10-17(22)13-6-7-13)23-20(26)16(4-2)18-12-25-11-14(21)8-9-19(25)24-18/h8-13,16,22H,3-7H2,1-2H3,(H,23,26)/b15-10+,22-17?. The van der Waals surface area contributed by atoms with E-state index in [0.717, 1.165) is 42.7 Å². The molecule has 0 bridgehead atoms. The molecule has 2 heterocycles. The Hall–Kier alpha value is -2.14. The van der Waals surface area contributed by atoms with Crippen LogP contribution in [0.25, 0.3) is 5.65 Å². The summed E-state index contributed by atoms with van der Waals surface area (Å²) in [5, 5.41) is 11.8. The number of rotatable bonds is 8. The zero-order valence-electron chi connectivity index (χ0n) is 15.3. The summed E-state index contributed by atoms with van der Waals surface area (Å²) < 4.78 is 1.85. The van der Waals surface area contributed by atoms with E-state index in [1.807, 2.05) is 29.7 Å². The van der Waals surface area contributed by atoms with Crippen LogP contribution in [0, 0.1) is 11.3 Å². The predicted molar refractivity (Wildman–Crippen MR) is 105 cm³/mol. The first-order valence-corrected chi connectivity index (χ1v) is 9.63. The summed E-state index contributed by atoms with van der Waals surface area (Å²) in [7, 11) is 0. The van der Waals surface area contributed by atoms with Gasteiger partial charge in [-0.3, -0.25) is 4.79 Å². The average molecular weight is 373 g/mol. The summed E-state index contributed by atoms with van der Waals surface area (Å²) in [5.74, 6) is -0.0155. The maximum atomic E-state index is 12.9. The van der Waals surface area contributed by atoms with Crippen LogP contribution in [0.3, 0.4) is 0 Å². The van der Waals surface area contributed by atoms with Gasteiger partial charge in [0.05, 0.1) is 16.6 Å². The van der Waals surface area contributed by atoms with Gasteiger partial charge in [-0.1, -0.05) is 31.9 Å². The highest BCUT2D eigenvalue weighted by Crippen LogP contribution is 2.31. The molecule has 0 aromatic carbocycles. The number of carbonyl (C=O) groups is 1. The van der Waals surface area contributed by atoms with E-state index < -0.39 is 0 Å². The van der Waals surface area contributed by atoms with E-state index in [0.29, 0.717) is 23.1 Å². The number of carbonyl (C=O) groups excluding carboxylic acids is 1. The van der Waals surface area contributed by atoms with Crippen LogP contribution >= 0.6 is 11.6 Å². The van der Waals surface area contributed by atoms with E-state index in [1.165, 1.54) is 0 Å². The van der Waals surface area contributed by atoms with Gasteiger partial charge in [0.25, 0.3) is 0 Å². The quantitative estimate of drug-likeness (QED) is 0.658. The molecular weight excluding hydrogens is 348 g/mol. The molecule has 0 saturated heterocycles. The van der Waals surface area contributed by atoms with Gasteiger partial charge in [-0.25, -0.2) is 4.98 Å². The lowest BCUT2D eigenvalue weighted by Crippen LogP contribution is -2.29. The van der Waals surface area contributed by atoms with Crippen molar-refractivity contribution in [2.45, 2.75) is 51.9 Å². The van der Waals surface area contributed by atoms with Crippen LogP contribution in [0.2, 0.25) is 5.02 Å². The van der Waals surface area contributed by atoms with Gasteiger partial charge in [-0.05, 0) is 43.9 Å². The summed E-state index contributed by atoms with van der Waals surface area (Å²) in [6.07, 6.45) is 10.0. The van der Waals surface area contributed by atoms with Gasteiger partial charge < -0.3 is 15.1 Å². The average Bonchev–Trinajstić information content (AvgIpc) is 3.36. The van der Waals surface area contributed by atoms with E-state index in [2.05, 4.69) is 17.2 Å². The number of hydrogen-bond acceptors (Lipinski definition) is 3. The Kier molecular flexibility index (Phi) is 5.77. The Labute approximate surface area is 159 Å². The molecule has 1 amide bonds. The Morgan fingerprint density at radius 1 is 1.42 bits per heavy atom. The highest BCUT2D eigenvalue weighted by molar-refractivity contribution is 6.30. The van der Waals surface area contributed by atoms with Crippen molar-refractivity contribution in [2.24, 2.45) is 5.92 Å². The van der Waals surface area contributed by atoms with Gasteiger partial charge in [0.1, 0.15) is 5.65 Å². The molecule has 0 aliphatic heterocycles. The summed E-state index contributed by atoms with van der Waals surface area (Å²) >= 11 is 6.03. The molecule has 2 aromatic heterocycles. The number of imidazole rings is 1. The van der Waals surface area contributed by atoms with Crippen molar-refractivity contribution in [1.82, 2.24) is 14.7 Å². The lowest BCUT2D eigenvalue weighted by molar-refractivity contribution is -0.122. The fourth-order valence-electron chi connectivity index (χ4n) is 3.07. The number of amides is 1. The molecule has 0 spiro atoms. The molecule has 1 unspecified atom stereocenters. The third-order valence-corrected chi connectivity index (χ3v) is 4.89. The molecule has 1 atom stereocenters. The molecule has 0 radical (unpaired) electrons. The van der Waals surface area contributed by atoms with E-state index in [-0.39, 0.29) is 11.8 Å². The van der Waals surface area contributed by atoms with Gasteiger partial charge in [-0.15, -0.1) is 0 Å². The van der Waals surface area contributed by atoms with E-state index >= 15 is 0 Å². The monoisotopic (exact) mass is 372 g/mol. The summed E-state index contributed by atoms with van der Waals surface area (Å²) in [6, 6.07) is 3.64. The molecule has 26 heavy (non-hydrogen) atoms. The van der Waals surface area contributed by atoms with E-state index in [1.54, 1.807) is 12.3 Å². The summed E-state index contributed by atoms with van der Waals surface area (Å²) in [5.41, 5.74) is 2.97. The zero-order chi connectivity index (χ0) is 18.7. The Morgan fingerprint density at radius 3 is 2.85 bits per heavy atom. The van der Waals surface area contributed by atoms with Crippen LogP contribution in [0.1, 0.15) is 57.6 Å². The minimum atomic E-state index is -0.330. The lowest BCUT2D eigenvalue weighted by Gasteiger charge is -2.15. The number of fused-ring (bicyclic) bond motifs is 1. The second-order valence-corrected chi connectivity index (χ2v) is 7.31. The van der Waals surface area contributed by atoms with Crippen LogP contribution in [0.15, 0.2) is 36.3 Å². The SMILES string of the molecule is CCC/C(=C\C(=N)C1CC1)NC(=O)C(CC)c1cn2cc(Cl)ccc2n1. The lowest BCUT2D eigenvalue weighted by atomic mass is 10.0. The first kappa shape index (κ1) is 18.6. The number of halogens is 1. The summed E-state index contributed by atoms with van der Waals surface area (Å²) in [6.45, 7) is 4.06. The van der Waals surface area contributed by atoms with Crippen molar-refractivity contribution in [3.05, 3.63) is 47.0 Å². The van der Waals surface area contributed by atoms with Crippen molar-refractivity contribution in [2.75, 3.05) is 0 Å². The van der Waals surface area contributed by atoms with Crippen LogP contribution in [0.4, 0.5) is 0 Å². The van der Waals surface area contributed by atoms with E-state index in [9.17, 15) is 4.79 Å². The molecule has 6 heteroatoms. The maximum Gasteiger partial charge on any atom is 0.233 e. The molecule has 2 aromatic rings. The minimum absolute atomic E-state index is 0.0645. The first-order chi connectivity index (χ1) is 12.5. The predicted octanol–water partition coefficient (Wildman–Crippen LogP) is 4.71. The number of pyridine rings is 1. The molecular formula is C20H25ClN4O. The van der Waals surface area contributed by atoms with Gasteiger partial charge in [0.2, 0.25) is 5.91 Å². The fourth-order valence-corrected chi connectivity index (χ4v) is 3.23. The smallest absolute Gasteiger partial charge is 0.233 e. The number of allylic oxidation sites excluding steroid dienone is 2. The van der Waals surface area contributed by atoms with Crippen molar-refractivity contribution >= 4 is 28.9 Å². The highest BCUT2D eigenvalue weighted by Gasteiger charge is 2.26. The highest BCUT2D eigenvalue weighted by atomic mass is 35.5. The third kappa shape index (κ3) is 4.33. The van der Waals surface area contributed by atoms with Crippen molar-refractivity contribution in [3.63, 3.8) is 0 Å². The molecule has 1 saturated carbocycles. The number of nitrogens with zero attached hydrogens (tertiary/aromatic N) is 2. The number of hydrogen-bond donors (Lipinski definition) is 2. The fraction of sp³-hybridized carbons (Fsp3) is 0.450. The zero-order valence-corrected chi connectivity index (χ0v) is 16.0. The first-order valence-electron chi connectivity index (χ1n) is 9.25. The second-order valence-electron chi connectivity index (χ2n) is 6.88. The Morgan fingerprint density at radius 2 is 2.19 bits per heavy atom. The second kappa shape index (κ2) is 8.04. The molecule has 1 aliphatic carbocycles. The molecule has 1 aliphatic rings. The number of aromatic nitrogens is 2. The van der Waals surface area contributed by atoms with Crippen molar-refractivity contribution in [3.8, 4) is 0 Å². The molecule has 2 N–H and O–H groups in total. The third-order valence-electron chi connectivity index (χ3n) is 4.67. The Bertz CT molecular complexity index is 851. The molecule has 1 fully saturated rings. The van der Waals surface area contributed by atoms with Gasteiger partial charge in [-0.2, -0.15) is 0 Å². The topological polar surface area (TPSA) is 70.2 Å². The normalized spacial score (nSPS) is 15.9. The van der Waals surface area contributed by atoms with Crippen molar-refractivity contribution in [1.29, 1.82) is 5.41 Å². The van der Waals surface area contributed by atoms with Gasteiger partial charge in [0, 0.05) is 29.7 Å². The van der Waals surface area contributed by atoms with Crippen LogP contribution in [0.5, 0.6) is 0 Å². The van der Waals surface area contributed by atoms with Crippen LogP contribution < -0.4 is 5.32 Å². The molecule has 138 valence electrons. The van der Waals surface area contributed by atoms with Gasteiger partial charge >= 0.3 is 0 Å². The van der Waals surface area contributed by atoms with Gasteiger partial charge in [0.15, 0.2) is 0 Å². The molecule has 5 nitrogen and oxygen atoms in total. The largest absolute Gasteiger partial charge is 0.329 e. The van der Waals surface area contributed by atoms with Crippen LogP contribution in [-0.2, 0) is 4.79 Å². The maximum absolute atomic E-state index is 12.9. The number of nitrogens with one attached hydrogen (secondary N) is 2. The van der Waals surface area contributed by atoms with Crippen LogP contribution in [-0.4, -0.2) is 21.0 Å². The van der Waals surface area contributed by atoms with Crippen molar-refractivity contribution < 1.29 is 4.79 Å². The summed E-state index contributed by atoms with van der Waals surface area (Å²) in [4.78, 5) is 17.5. The van der Waals surface area contributed by atoms with E-state index in [4.69, 9.17) is 17.0 Å². The Balaban J connectivity index is 1.78. The molecule has 3 rings (SSSR count).